The van der Waals surface area contributed by atoms with E-state index in [4.69, 9.17) is 9.47 Å². The Hall–Kier alpha value is -2.58. The van der Waals surface area contributed by atoms with Gasteiger partial charge in [0, 0.05) is 24.8 Å². The molecular formula is C22H28N2O5S. The van der Waals surface area contributed by atoms with Crippen LogP contribution in [0, 0.1) is 5.92 Å². The third-order valence-electron chi connectivity index (χ3n) is 5.20. The van der Waals surface area contributed by atoms with Gasteiger partial charge in [-0.05, 0) is 56.0 Å². The van der Waals surface area contributed by atoms with Crippen LogP contribution in [0.5, 0.6) is 11.5 Å². The lowest BCUT2D eigenvalue weighted by Gasteiger charge is -2.29. The summed E-state index contributed by atoms with van der Waals surface area (Å²) in [6, 6.07) is 11.4. The van der Waals surface area contributed by atoms with Crippen LogP contribution in [-0.4, -0.2) is 45.4 Å². The van der Waals surface area contributed by atoms with E-state index in [9.17, 15) is 13.2 Å². The zero-order chi connectivity index (χ0) is 21.7. The SMILES string of the molecule is CCOc1cccc(NC(=O)c2cc(S(=O)(=O)N3CCC(C)CC3)ccc2OC)c1. The van der Waals surface area contributed by atoms with Crippen LogP contribution >= 0.6 is 0 Å². The van der Waals surface area contributed by atoms with Crippen molar-refractivity contribution < 1.29 is 22.7 Å². The van der Waals surface area contributed by atoms with Gasteiger partial charge in [-0.2, -0.15) is 4.31 Å². The maximum Gasteiger partial charge on any atom is 0.259 e. The van der Waals surface area contributed by atoms with Crippen LogP contribution < -0.4 is 14.8 Å². The number of benzene rings is 2. The normalized spacial score (nSPS) is 15.6. The van der Waals surface area contributed by atoms with Crippen LogP contribution in [0.25, 0.3) is 0 Å². The zero-order valence-corrected chi connectivity index (χ0v) is 18.4. The van der Waals surface area contributed by atoms with E-state index in [-0.39, 0.29) is 10.5 Å². The number of hydrogen-bond donors (Lipinski definition) is 1. The molecule has 1 heterocycles. The first-order valence-electron chi connectivity index (χ1n) is 10.1. The predicted molar refractivity (Wildman–Crippen MR) is 116 cm³/mol. The number of rotatable bonds is 7. The summed E-state index contributed by atoms with van der Waals surface area (Å²) in [5.41, 5.74) is 0.706. The van der Waals surface area contributed by atoms with E-state index >= 15 is 0 Å². The zero-order valence-electron chi connectivity index (χ0n) is 17.6. The van der Waals surface area contributed by atoms with Crippen molar-refractivity contribution in [2.24, 2.45) is 5.92 Å². The van der Waals surface area contributed by atoms with E-state index in [1.165, 1.54) is 29.6 Å². The van der Waals surface area contributed by atoms with E-state index in [0.29, 0.717) is 42.8 Å². The van der Waals surface area contributed by atoms with Gasteiger partial charge in [-0.3, -0.25) is 4.79 Å². The molecule has 30 heavy (non-hydrogen) atoms. The van der Waals surface area contributed by atoms with Gasteiger partial charge in [0.15, 0.2) is 0 Å². The van der Waals surface area contributed by atoms with Crippen LogP contribution in [-0.2, 0) is 10.0 Å². The van der Waals surface area contributed by atoms with Crippen molar-refractivity contribution in [1.29, 1.82) is 0 Å². The largest absolute Gasteiger partial charge is 0.496 e. The highest BCUT2D eigenvalue weighted by Gasteiger charge is 2.29. The number of nitrogens with zero attached hydrogens (tertiary/aromatic N) is 1. The third-order valence-corrected chi connectivity index (χ3v) is 7.09. The predicted octanol–water partition coefficient (Wildman–Crippen LogP) is 3.77. The first kappa shape index (κ1) is 22.1. The van der Waals surface area contributed by atoms with E-state index in [0.717, 1.165) is 12.8 Å². The Balaban J connectivity index is 1.87. The van der Waals surface area contributed by atoms with Crippen molar-refractivity contribution in [3.8, 4) is 11.5 Å². The number of methoxy groups -OCH3 is 1. The number of nitrogens with one attached hydrogen (secondary N) is 1. The van der Waals surface area contributed by atoms with Crippen LogP contribution in [0.15, 0.2) is 47.4 Å². The summed E-state index contributed by atoms with van der Waals surface area (Å²) in [4.78, 5) is 13.0. The molecule has 1 saturated heterocycles. The topological polar surface area (TPSA) is 84.9 Å². The second-order valence-corrected chi connectivity index (χ2v) is 9.30. The quantitative estimate of drug-likeness (QED) is 0.720. The smallest absolute Gasteiger partial charge is 0.259 e. The molecule has 0 radical (unpaired) electrons. The third kappa shape index (κ3) is 4.94. The Labute approximate surface area is 178 Å². The molecule has 1 N–H and O–H groups in total. The van der Waals surface area contributed by atoms with Gasteiger partial charge in [-0.1, -0.05) is 13.0 Å². The van der Waals surface area contributed by atoms with Crippen molar-refractivity contribution in [1.82, 2.24) is 4.31 Å². The number of sulfonamides is 1. The van der Waals surface area contributed by atoms with Gasteiger partial charge in [0.25, 0.3) is 5.91 Å². The van der Waals surface area contributed by atoms with Crippen molar-refractivity contribution in [3.05, 3.63) is 48.0 Å². The molecule has 0 atom stereocenters. The lowest BCUT2D eigenvalue weighted by Crippen LogP contribution is -2.37. The summed E-state index contributed by atoms with van der Waals surface area (Å²) in [5, 5.41) is 2.79. The monoisotopic (exact) mass is 432 g/mol. The molecule has 162 valence electrons. The van der Waals surface area contributed by atoms with Crippen LogP contribution in [0.4, 0.5) is 5.69 Å². The molecule has 1 fully saturated rings. The summed E-state index contributed by atoms with van der Waals surface area (Å²) < 4.78 is 38.4. The molecular weight excluding hydrogens is 404 g/mol. The minimum Gasteiger partial charge on any atom is -0.496 e. The number of carbonyl (C=O) groups is 1. The van der Waals surface area contributed by atoms with Gasteiger partial charge in [0.05, 0.1) is 24.2 Å². The molecule has 8 heteroatoms. The van der Waals surface area contributed by atoms with E-state index in [1.807, 2.05) is 6.92 Å². The first-order chi connectivity index (χ1) is 14.3. The fourth-order valence-electron chi connectivity index (χ4n) is 3.43. The number of hydrogen-bond acceptors (Lipinski definition) is 5. The van der Waals surface area contributed by atoms with E-state index < -0.39 is 15.9 Å². The fraction of sp³-hybridized carbons (Fsp3) is 0.409. The van der Waals surface area contributed by atoms with Crippen LogP contribution in [0.2, 0.25) is 0 Å². The van der Waals surface area contributed by atoms with Crippen LogP contribution in [0.3, 0.4) is 0 Å². The maximum absolute atomic E-state index is 13.1. The summed E-state index contributed by atoms with van der Waals surface area (Å²) in [5.74, 6) is 1.00. The molecule has 0 aromatic heterocycles. The fourth-order valence-corrected chi connectivity index (χ4v) is 4.92. The molecule has 0 aliphatic carbocycles. The molecule has 2 aromatic rings. The van der Waals surface area contributed by atoms with Gasteiger partial charge in [0.1, 0.15) is 11.5 Å². The Bertz CT molecular complexity index is 998. The molecule has 3 rings (SSSR count). The van der Waals surface area contributed by atoms with Crippen LogP contribution in [0.1, 0.15) is 37.0 Å². The number of amides is 1. The van der Waals surface area contributed by atoms with E-state index in [1.54, 1.807) is 24.3 Å². The Morgan fingerprint density at radius 3 is 2.57 bits per heavy atom. The minimum absolute atomic E-state index is 0.0890. The van der Waals surface area contributed by atoms with Gasteiger partial charge in [-0.25, -0.2) is 8.42 Å². The Morgan fingerprint density at radius 1 is 1.17 bits per heavy atom. The summed E-state index contributed by atoms with van der Waals surface area (Å²) >= 11 is 0. The van der Waals surface area contributed by atoms with Crippen molar-refractivity contribution >= 4 is 21.6 Å². The summed E-state index contributed by atoms with van der Waals surface area (Å²) in [6.45, 7) is 5.49. The molecule has 0 saturated carbocycles. The molecule has 2 aromatic carbocycles. The molecule has 7 nitrogen and oxygen atoms in total. The lowest BCUT2D eigenvalue weighted by molar-refractivity contribution is 0.102. The van der Waals surface area contributed by atoms with Crippen molar-refractivity contribution in [3.63, 3.8) is 0 Å². The first-order valence-corrected chi connectivity index (χ1v) is 11.5. The highest BCUT2D eigenvalue weighted by atomic mass is 32.2. The number of anilines is 1. The van der Waals surface area contributed by atoms with E-state index in [2.05, 4.69) is 12.2 Å². The minimum atomic E-state index is -3.68. The molecule has 0 unspecified atom stereocenters. The second-order valence-electron chi connectivity index (χ2n) is 7.36. The molecule has 0 spiro atoms. The summed E-state index contributed by atoms with van der Waals surface area (Å²) in [6.07, 6.45) is 1.66. The lowest BCUT2D eigenvalue weighted by atomic mass is 10.0. The Morgan fingerprint density at radius 2 is 1.90 bits per heavy atom. The highest BCUT2D eigenvalue weighted by Crippen LogP contribution is 2.28. The van der Waals surface area contributed by atoms with Crippen molar-refractivity contribution in [2.45, 2.75) is 31.6 Å². The molecule has 0 bridgehead atoms. The number of piperidine rings is 1. The number of carbonyl (C=O) groups excluding carboxylic acids is 1. The maximum atomic E-state index is 13.1. The van der Waals surface area contributed by atoms with Crippen molar-refractivity contribution in [2.75, 3.05) is 32.1 Å². The standard InChI is InChI=1S/C22H28N2O5S/c1-4-29-18-7-5-6-17(14-18)23-22(25)20-15-19(8-9-21(20)28-3)30(26,27)24-12-10-16(2)11-13-24/h5-9,14-16H,4,10-13H2,1-3H3,(H,23,25). The van der Waals surface area contributed by atoms with Gasteiger partial charge in [0.2, 0.25) is 10.0 Å². The summed E-state index contributed by atoms with van der Waals surface area (Å²) in [7, 11) is -2.23. The van der Waals surface area contributed by atoms with Gasteiger partial charge in [-0.15, -0.1) is 0 Å². The average Bonchev–Trinajstić information content (AvgIpc) is 2.74. The Kier molecular flexibility index (Phi) is 6.99. The number of ether oxygens (including phenoxy) is 2. The average molecular weight is 433 g/mol. The molecule has 1 aliphatic rings. The van der Waals surface area contributed by atoms with Gasteiger partial charge < -0.3 is 14.8 Å². The van der Waals surface area contributed by atoms with Gasteiger partial charge >= 0.3 is 0 Å². The highest BCUT2D eigenvalue weighted by molar-refractivity contribution is 7.89. The molecule has 1 amide bonds. The molecule has 1 aliphatic heterocycles. The second kappa shape index (κ2) is 9.49.